The van der Waals surface area contributed by atoms with Crippen LogP contribution in [0.25, 0.3) is 0 Å². The molecular formula is C16H25NO2S2. The summed E-state index contributed by atoms with van der Waals surface area (Å²) in [6.07, 6.45) is 2.44. The zero-order valence-electron chi connectivity index (χ0n) is 13.2. The second-order valence-electron chi connectivity index (χ2n) is 5.16. The Kier molecular flexibility index (Phi) is 8.22. The van der Waals surface area contributed by atoms with Crippen LogP contribution >= 0.6 is 23.5 Å². The third kappa shape index (κ3) is 6.32. The molecule has 1 amide bonds. The molecule has 3 nitrogen and oxygen atoms in total. The quantitative estimate of drug-likeness (QED) is 0.721. The maximum Gasteiger partial charge on any atom is 0.221 e. The molecule has 1 rings (SSSR count). The predicted octanol–water partition coefficient (Wildman–Crippen LogP) is 3.01. The largest absolute Gasteiger partial charge is 0.395 e. The molecule has 1 aromatic carbocycles. The van der Waals surface area contributed by atoms with Crippen molar-refractivity contribution in [1.82, 2.24) is 5.32 Å². The van der Waals surface area contributed by atoms with E-state index in [9.17, 15) is 9.90 Å². The maximum atomic E-state index is 11.9. The van der Waals surface area contributed by atoms with Crippen LogP contribution in [0.4, 0.5) is 0 Å². The molecular weight excluding hydrogens is 302 g/mol. The molecule has 0 aromatic heterocycles. The van der Waals surface area contributed by atoms with Crippen molar-refractivity contribution in [3.8, 4) is 0 Å². The van der Waals surface area contributed by atoms with Gasteiger partial charge in [0.15, 0.2) is 0 Å². The van der Waals surface area contributed by atoms with Crippen LogP contribution in [-0.4, -0.2) is 40.9 Å². The molecule has 0 bridgehead atoms. The molecule has 0 radical (unpaired) electrons. The van der Waals surface area contributed by atoms with Gasteiger partial charge in [-0.2, -0.15) is 11.8 Å². The first kappa shape index (κ1) is 18.4. The van der Waals surface area contributed by atoms with Crippen LogP contribution in [0.5, 0.6) is 0 Å². The van der Waals surface area contributed by atoms with Crippen molar-refractivity contribution >= 4 is 29.4 Å². The number of hydrogen-bond acceptors (Lipinski definition) is 4. The van der Waals surface area contributed by atoms with Gasteiger partial charge in [0, 0.05) is 28.4 Å². The highest BCUT2D eigenvalue weighted by Gasteiger charge is 2.17. The fourth-order valence-corrected chi connectivity index (χ4v) is 3.49. The molecule has 2 atom stereocenters. The average Bonchev–Trinajstić information content (AvgIpc) is 2.44. The summed E-state index contributed by atoms with van der Waals surface area (Å²) in [6.45, 7) is 6.22. The van der Waals surface area contributed by atoms with E-state index in [2.05, 4.69) is 37.4 Å². The third-order valence-corrected chi connectivity index (χ3v) is 5.66. The Bertz CT molecular complexity index is 462. The van der Waals surface area contributed by atoms with Crippen LogP contribution in [0, 0.1) is 13.8 Å². The number of aliphatic hydroxyl groups excluding tert-OH is 1. The van der Waals surface area contributed by atoms with Crippen molar-refractivity contribution in [2.24, 2.45) is 0 Å². The predicted molar refractivity (Wildman–Crippen MR) is 93.3 cm³/mol. The number of benzene rings is 1. The van der Waals surface area contributed by atoms with Gasteiger partial charge in [-0.25, -0.2) is 0 Å². The Morgan fingerprint density at radius 2 is 2.05 bits per heavy atom. The Hall–Kier alpha value is -0.650. The molecule has 2 unspecified atom stereocenters. The van der Waals surface area contributed by atoms with Gasteiger partial charge in [-0.1, -0.05) is 6.07 Å². The monoisotopic (exact) mass is 327 g/mol. The van der Waals surface area contributed by atoms with E-state index in [1.54, 1.807) is 23.5 Å². The number of amides is 1. The first-order chi connectivity index (χ1) is 9.97. The van der Waals surface area contributed by atoms with E-state index in [0.29, 0.717) is 6.42 Å². The minimum absolute atomic E-state index is 0.0101. The molecule has 0 saturated heterocycles. The summed E-state index contributed by atoms with van der Waals surface area (Å²) in [4.78, 5) is 13.1. The lowest BCUT2D eigenvalue weighted by Crippen LogP contribution is -2.41. The molecule has 2 N–H and O–H groups in total. The van der Waals surface area contributed by atoms with Crippen LogP contribution in [0.2, 0.25) is 0 Å². The molecule has 118 valence electrons. The lowest BCUT2D eigenvalue weighted by atomic mass is 10.1. The second-order valence-corrected chi connectivity index (χ2v) is 7.40. The summed E-state index contributed by atoms with van der Waals surface area (Å²) in [6, 6.07) is 6.37. The molecule has 0 fully saturated rings. The molecule has 0 aliphatic heterocycles. The van der Waals surface area contributed by atoms with Crippen molar-refractivity contribution in [2.45, 2.75) is 43.4 Å². The van der Waals surface area contributed by atoms with Gasteiger partial charge in [0.25, 0.3) is 0 Å². The zero-order chi connectivity index (χ0) is 15.8. The Balaban J connectivity index is 2.34. The highest BCUT2D eigenvalue weighted by atomic mass is 32.2. The van der Waals surface area contributed by atoms with Crippen molar-refractivity contribution in [1.29, 1.82) is 0 Å². The molecule has 0 aliphatic rings. The van der Waals surface area contributed by atoms with Gasteiger partial charge in [0.1, 0.15) is 0 Å². The van der Waals surface area contributed by atoms with Crippen LogP contribution in [0.3, 0.4) is 0 Å². The third-order valence-electron chi connectivity index (χ3n) is 3.51. The summed E-state index contributed by atoms with van der Waals surface area (Å²) in [5, 5.41) is 12.2. The second kappa shape index (κ2) is 9.38. The van der Waals surface area contributed by atoms with Crippen molar-refractivity contribution in [2.75, 3.05) is 18.6 Å². The minimum atomic E-state index is -0.0101. The van der Waals surface area contributed by atoms with E-state index in [0.717, 1.165) is 5.75 Å². The fraction of sp³-hybridized carbons (Fsp3) is 0.562. The standard InChI is InChI=1S/C16H25NO2S2/c1-11-5-6-14(9-12(11)2)21-8-7-16(19)17-13(3)15(10-18)20-4/h5-6,9,13,15,18H,7-8,10H2,1-4H3,(H,17,19). The van der Waals surface area contributed by atoms with Crippen molar-refractivity contribution in [3.05, 3.63) is 29.3 Å². The fourth-order valence-electron chi connectivity index (χ4n) is 1.92. The van der Waals surface area contributed by atoms with E-state index < -0.39 is 0 Å². The molecule has 1 aromatic rings. The molecule has 0 spiro atoms. The van der Waals surface area contributed by atoms with E-state index in [1.807, 2.05) is 13.2 Å². The van der Waals surface area contributed by atoms with Crippen LogP contribution < -0.4 is 5.32 Å². The number of nitrogens with one attached hydrogen (secondary N) is 1. The van der Waals surface area contributed by atoms with Crippen molar-refractivity contribution in [3.63, 3.8) is 0 Å². The Morgan fingerprint density at radius 3 is 2.62 bits per heavy atom. The van der Waals surface area contributed by atoms with Gasteiger partial charge in [-0.15, -0.1) is 11.8 Å². The van der Waals surface area contributed by atoms with Gasteiger partial charge in [0.2, 0.25) is 5.91 Å². The van der Waals surface area contributed by atoms with Gasteiger partial charge < -0.3 is 10.4 Å². The highest BCUT2D eigenvalue weighted by molar-refractivity contribution is 7.99. The van der Waals surface area contributed by atoms with E-state index >= 15 is 0 Å². The lowest BCUT2D eigenvalue weighted by Gasteiger charge is -2.21. The topological polar surface area (TPSA) is 49.3 Å². The first-order valence-electron chi connectivity index (χ1n) is 7.11. The van der Waals surface area contributed by atoms with Gasteiger partial charge in [-0.3, -0.25) is 4.79 Å². The van der Waals surface area contributed by atoms with Gasteiger partial charge in [-0.05, 0) is 50.3 Å². The number of aryl methyl sites for hydroxylation is 2. The first-order valence-corrected chi connectivity index (χ1v) is 9.38. The van der Waals surface area contributed by atoms with Crippen LogP contribution in [0.15, 0.2) is 23.1 Å². The van der Waals surface area contributed by atoms with Crippen LogP contribution in [0.1, 0.15) is 24.5 Å². The summed E-state index contributed by atoms with van der Waals surface area (Å²) in [5.74, 6) is 0.816. The Morgan fingerprint density at radius 1 is 1.33 bits per heavy atom. The molecule has 0 saturated carbocycles. The van der Waals surface area contributed by atoms with Gasteiger partial charge in [0.05, 0.1) is 6.61 Å². The molecule has 0 heterocycles. The number of carbonyl (C=O) groups is 1. The summed E-state index contributed by atoms with van der Waals surface area (Å²) < 4.78 is 0. The number of thioether (sulfide) groups is 2. The molecule has 21 heavy (non-hydrogen) atoms. The zero-order valence-corrected chi connectivity index (χ0v) is 14.8. The number of aliphatic hydroxyl groups is 1. The number of rotatable bonds is 8. The smallest absolute Gasteiger partial charge is 0.221 e. The maximum absolute atomic E-state index is 11.9. The SMILES string of the molecule is CSC(CO)C(C)NC(=O)CCSc1ccc(C)c(C)c1. The van der Waals surface area contributed by atoms with Crippen molar-refractivity contribution < 1.29 is 9.90 Å². The molecule has 0 aliphatic carbocycles. The summed E-state index contributed by atoms with van der Waals surface area (Å²) in [5.41, 5.74) is 2.57. The van der Waals surface area contributed by atoms with E-state index in [-0.39, 0.29) is 23.8 Å². The minimum Gasteiger partial charge on any atom is -0.395 e. The molecule has 5 heteroatoms. The average molecular weight is 328 g/mol. The van der Waals surface area contributed by atoms with Crippen LogP contribution in [-0.2, 0) is 4.79 Å². The van der Waals surface area contributed by atoms with E-state index in [4.69, 9.17) is 0 Å². The highest BCUT2D eigenvalue weighted by Crippen LogP contribution is 2.21. The summed E-state index contributed by atoms with van der Waals surface area (Å²) >= 11 is 3.28. The summed E-state index contributed by atoms with van der Waals surface area (Å²) in [7, 11) is 0. The number of carbonyl (C=O) groups excluding carboxylic acids is 1. The van der Waals surface area contributed by atoms with Gasteiger partial charge >= 0.3 is 0 Å². The number of hydrogen-bond donors (Lipinski definition) is 2. The van der Waals surface area contributed by atoms with E-state index in [1.165, 1.54) is 16.0 Å². The Labute approximate surface area is 136 Å². The normalized spacial score (nSPS) is 13.8. The lowest BCUT2D eigenvalue weighted by molar-refractivity contribution is -0.121.